The van der Waals surface area contributed by atoms with Gasteiger partial charge in [-0.25, -0.2) is 4.98 Å². The normalized spacial score (nSPS) is 14.3. The van der Waals surface area contributed by atoms with E-state index in [0.29, 0.717) is 0 Å². The fourth-order valence-corrected chi connectivity index (χ4v) is 3.52. The molecule has 0 unspecified atom stereocenters. The zero-order chi connectivity index (χ0) is 14.1. The summed E-state index contributed by atoms with van der Waals surface area (Å²) >= 11 is 1.48. The van der Waals surface area contributed by atoms with Gasteiger partial charge < -0.3 is 9.80 Å². The van der Waals surface area contributed by atoms with Crippen molar-refractivity contribution in [1.82, 2.24) is 4.98 Å². The van der Waals surface area contributed by atoms with Crippen LogP contribution in [0.5, 0.6) is 0 Å². The molecule has 1 aromatic carbocycles. The van der Waals surface area contributed by atoms with Crippen LogP contribution in [-0.2, 0) is 6.42 Å². The maximum atomic E-state index is 11.1. The van der Waals surface area contributed by atoms with E-state index in [0.717, 1.165) is 47.2 Å². The Kier molecular flexibility index (Phi) is 3.44. The summed E-state index contributed by atoms with van der Waals surface area (Å²) in [6.07, 6.45) is 1.71. The topological polar surface area (TPSA) is 36.4 Å². The van der Waals surface area contributed by atoms with Crippen LogP contribution in [0.25, 0.3) is 0 Å². The molecule has 0 saturated heterocycles. The number of benzene rings is 1. The van der Waals surface area contributed by atoms with Gasteiger partial charge in [0.1, 0.15) is 0 Å². The molecule has 0 saturated carbocycles. The quantitative estimate of drug-likeness (QED) is 0.813. The van der Waals surface area contributed by atoms with Gasteiger partial charge in [0.2, 0.25) is 0 Å². The maximum absolute atomic E-state index is 11.1. The van der Waals surface area contributed by atoms with Crippen LogP contribution in [0.3, 0.4) is 0 Å². The van der Waals surface area contributed by atoms with Crippen LogP contribution in [0.1, 0.15) is 22.3 Å². The second-order valence-corrected chi connectivity index (χ2v) is 5.85. The maximum Gasteiger partial charge on any atom is 0.190 e. The Hall–Kier alpha value is -1.88. The number of likely N-dealkylation sites (N-methyl/N-ethyl adjacent to an activating group) is 1. The summed E-state index contributed by atoms with van der Waals surface area (Å²) in [4.78, 5) is 21.0. The predicted molar refractivity (Wildman–Crippen MR) is 83.6 cm³/mol. The Bertz CT molecular complexity index is 638. The number of rotatable bonds is 3. The van der Waals surface area contributed by atoms with Crippen molar-refractivity contribution >= 4 is 34.1 Å². The highest BCUT2D eigenvalue weighted by Gasteiger charge is 2.24. The van der Waals surface area contributed by atoms with Crippen molar-refractivity contribution in [3.8, 4) is 0 Å². The third-order valence-corrected chi connectivity index (χ3v) is 4.68. The highest BCUT2D eigenvalue weighted by Crippen LogP contribution is 2.38. The third-order valence-electron chi connectivity index (χ3n) is 3.63. The number of hydrogen-bond donors (Lipinski definition) is 0. The average molecular weight is 287 g/mol. The Morgan fingerprint density at radius 1 is 1.30 bits per heavy atom. The lowest BCUT2D eigenvalue weighted by molar-refractivity contribution is 0.112. The van der Waals surface area contributed by atoms with Crippen molar-refractivity contribution in [3.05, 3.63) is 34.8 Å². The van der Waals surface area contributed by atoms with Gasteiger partial charge in [0.15, 0.2) is 11.4 Å². The standard InChI is InChI=1S/C15H17N3OS/c1-3-11-14(10-19)20-15(16-11)18-9-8-17(2)12-6-4-5-7-13(12)18/h4-7,10H,3,8-9H2,1-2H3. The minimum Gasteiger partial charge on any atom is -0.371 e. The minimum atomic E-state index is 0.749. The second kappa shape index (κ2) is 5.25. The first-order chi connectivity index (χ1) is 9.74. The van der Waals surface area contributed by atoms with Crippen molar-refractivity contribution in [2.75, 3.05) is 29.9 Å². The van der Waals surface area contributed by atoms with Gasteiger partial charge in [-0.15, -0.1) is 0 Å². The van der Waals surface area contributed by atoms with Gasteiger partial charge in [-0.05, 0) is 18.6 Å². The summed E-state index contributed by atoms with van der Waals surface area (Å²) < 4.78 is 0. The van der Waals surface area contributed by atoms with Gasteiger partial charge in [-0.3, -0.25) is 4.79 Å². The molecule has 0 N–H and O–H groups in total. The van der Waals surface area contributed by atoms with E-state index in [1.807, 2.05) is 13.0 Å². The number of hydrogen-bond acceptors (Lipinski definition) is 5. The molecule has 5 heteroatoms. The van der Waals surface area contributed by atoms with E-state index in [2.05, 4.69) is 40.0 Å². The highest BCUT2D eigenvalue weighted by atomic mass is 32.1. The second-order valence-electron chi connectivity index (χ2n) is 4.84. The number of aldehydes is 1. The molecule has 0 bridgehead atoms. The fraction of sp³-hybridized carbons (Fsp3) is 0.333. The van der Waals surface area contributed by atoms with Gasteiger partial charge in [0.25, 0.3) is 0 Å². The number of para-hydroxylation sites is 2. The summed E-state index contributed by atoms with van der Waals surface area (Å²) in [6.45, 7) is 3.88. The lowest BCUT2D eigenvalue weighted by atomic mass is 10.2. The molecule has 0 aliphatic carbocycles. The number of anilines is 3. The van der Waals surface area contributed by atoms with Crippen LogP contribution in [0.15, 0.2) is 24.3 Å². The van der Waals surface area contributed by atoms with E-state index < -0.39 is 0 Å². The van der Waals surface area contributed by atoms with E-state index in [9.17, 15) is 4.79 Å². The monoisotopic (exact) mass is 287 g/mol. The molecule has 0 fully saturated rings. The van der Waals surface area contributed by atoms with Crippen LogP contribution < -0.4 is 9.80 Å². The number of fused-ring (bicyclic) bond motifs is 1. The molecule has 1 aliphatic rings. The predicted octanol–water partition coefficient (Wildman–Crippen LogP) is 3.11. The SMILES string of the molecule is CCc1nc(N2CCN(C)c3ccccc32)sc1C=O. The van der Waals surface area contributed by atoms with E-state index in [-0.39, 0.29) is 0 Å². The number of thiazole rings is 1. The van der Waals surface area contributed by atoms with Gasteiger partial charge in [0, 0.05) is 20.1 Å². The summed E-state index contributed by atoms with van der Waals surface area (Å²) in [6, 6.07) is 8.32. The largest absolute Gasteiger partial charge is 0.371 e. The van der Waals surface area contributed by atoms with Crippen molar-refractivity contribution in [2.24, 2.45) is 0 Å². The molecule has 0 atom stereocenters. The zero-order valence-electron chi connectivity index (χ0n) is 11.7. The van der Waals surface area contributed by atoms with Gasteiger partial charge in [-0.2, -0.15) is 0 Å². The van der Waals surface area contributed by atoms with Crippen LogP contribution >= 0.6 is 11.3 Å². The molecular formula is C15H17N3OS. The van der Waals surface area contributed by atoms with Crippen LogP contribution in [0.2, 0.25) is 0 Å². The lowest BCUT2D eigenvalue weighted by Gasteiger charge is -2.35. The summed E-state index contributed by atoms with van der Waals surface area (Å²) in [5.74, 6) is 0. The van der Waals surface area contributed by atoms with E-state index in [4.69, 9.17) is 0 Å². The smallest absolute Gasteiger partial charge is 0.190 e. The molecule has 104 valence electrons. The van der Waals surface area contributed by atoms with Crippen LogP contribution in [0, 0.1) is 0 Å². The Morgan fingerprint density at radius 3 is 2.70 bits per heavy atom. The molecule has 0 amide bonds. The number of carbonyl (C=O) groups excluding carboxylic acids is 1. The van der Waals surface area contributed by atoms with E-state index in [1.165, 1.54) is 17.0 Å². The van der Waals surface area contributed by atoms with Crippen LogP contribution in [-0.4, -0.2) is 31.4 Å². The molecule has 20 heavy (non-hydrogen) atoms. The molecule has 0 spiro atoms. The zero-order valence-corrected chi connectivity index (χ0v) is 12.5. The molecule has 2 aromatic rings. The number of nitrogens with zero attached hydrogens (tertiary/aromatic N) is 3. The average Bonchev–Trinajstić information content (AvgIpc) is 2.91. The summed E-state index contributed by atoms with van der Waals surface area (Å²) in [7, 11) is 2.10. The number of aromatic nitrogens is 1. The first-order valence-corrected chi connectivity index (χ1v) is 7.58. The molecule has 0 radical (unpaired) electrons. The van der Waals surface area contributed by atoms with Crippen molar-refractivity contribution < 1.29 is 4.79 Å². The van der Waals surface area contributed by atoms with E-state index in [1.54, 1.807) is 0 Å². The Morgan fingerprint density at radius 2 is 2.05 bits per heavy atom. The van der Waals surface area contributed by atoms with Crippen molar-refractivity contribution in [2.45, 2.75) is 13.3 Å². The van der Waals surface area contributed by atoms with E-state index >= 15 is 0 Å². The summed E-state index contributed by atoms with van der Waals surface area (Å²) in [5.41, 5.74) is 3.27. The van der Waals surface area contributed by atoms with Crippen molar-refractivity contribution in [3.63, 3.8) is 0 Å². The lowest BCUT2D eigenvalue weighted by Crippen LogP contribution is -2.36. The van der Waals surface area contributed by atoms with Crippen molar-refractivity contribution in [1.29, 1.82) is 0 Å². The van der Waals surface area contributed by atoms with Crippen LogP contribution in [0.4, 0.5) is 16.5 Å². The molecule has 4 nitrogen and oxygen atoms in total. The first kappa shape index (κ1) is 13.1. The number of carbonyl (C=O) groups is 1. The Balaban J connectivity index is 2.05. The molecule has 1 aliphatic heterocycles. The summed E-state index contributed by atoms with van der Waals surface area (Å²) in [5, 5.41) is 0.921. The third kappa shape index (κ3) is 2.08. The van der Waals surface area contributed by atoms with Gasteiger partial charge >= 0.3 is 0 Å². The molecule has 2 heterocycles. The highest BCUT2D eigenvalue weighted by molar-refractivity contribution is 7.17. The molecular weight excluding hydrogens is 270 g/mol. The number of aryl methyl sites for hydroxylation is 1. The minimum absolute atomic E-state index is 0.749. The first-order valence-electron chi connectivity index (χ1n) is 6.77. The molecule has 1 aromatic heterocycles. The Labute approximate surface area is 122 Å². The fourth-order valence-electron chi connectivity index (χ4n) is 2.52. The van der Waals surface area contributed by atoms with Gasteiger partial charge in [-0.1, -0.05) is 30.4 Å². The van der Waals surface area contributed by atoms with Gasteiger partial charge in [0.05, 0.1) is 21.9 Å². The molecule has 3 rings (SSSR count).